The molecule has 2 aromatic rings. The molecule has 0 spiro atoms. The molecule has 7 nitrogen and oxygen atoms in total. The second-order valence-electron chi connectivity index (χ2n) is 4.51. The lowest BCUT2D eigenvalue weighted by atomic mass is 10.1. The first-order chi connectivity index (χ1) is 8.79. The van der Waals surface area contributed by atoms with E-state index in [1.54, 1.807) is 0 Å². The summed E-state index contributed by atoms with van der Waals surface area (Å²) in [5.74, 6) is 0.884. The molecule has 2 N–H and O–H groups in total. The Bertz CT molecular complexity index is 599. The minimum Gasteiger partial charge on any atom is -0.351 e. The van der Waals surface area contributed by atoms with E-state index in [0.717, 1.165) is 31.9 Å². The highest BCUT2D eigenvalue weighted by atomic mass is 16.1. The first kappa shape index (κ1) is 11.2. The van der Waals surface area contributed by atoms with E-state index in [9.17, 15) is 4.79 Å². The first-order valence-electron chi connectivity index (χ1n) is 6.19. The highest BCUT2D eigenvalue weighted by Crippen LogP contribution is 2.17. The maximum Gasteiger partial charge on any atom is 0.348 e. The van der Waals surface area contributed by atoms with Gasteiger partial charge in [-0.2, -0.15) is 5.10 Å². The molecule has 1 saturated heterocycles. The summed E-state index contributed by atoms with van der Waals surface area (Å²) >= 11 is 0. The number of nitrogens with one attached hydrogen (secondary N) is 2. The summed E-state index contributed by atoms with van der Waals surface area (Å²) in [6.45, 7) is 5.08. The molecule has 1 aliphatic heterocycles. The summed E-state index contributed by atoms with van der Waals surface area (Å²) in [5, 5.41) is 9.65. The summed E-state index contributed by atoms with van der Waals surface area (Å²) in [6.07, 6.45) is 2.60. The van der Waals surface area contributed by atoms with E-state index < -0.39 is 0 Å². The molecule has 0 atom stereocenters. The first-order valence-corrected chi connectivity index (χ1v) is 6.19. The second kappa shape index (κ2) is 4.41. The third-order valence-electron chi connectivity index (χ3n) is 3.25. The number of anilines is 1. The van der Waals surface area contributed by atoms with Crippen LogP contribution in [0, 0.1) is 0 Å². The van der Waals surface area contributed by atoms with Crippen molar-refractivity contribution in [2.75, 3.05) is 24.5 Å². The van der Waals surface area contributed by atoms with Gasteiger partial charge in [-0.1, -0.05) is 6.92 Å². The number of rotatable bonds is 4. The number of H-pyrrole nitrogens is 1. The normalized spacial score (nSPS) is 15.8. The Morgan fingerprint density at radius 2 is 2.39 bits per heavy atom. The van der Waals surface area contributed by atoms with Crippen LogP contribution in [0.4, 0.5) is 5.82 Å². The van der Waals surface area contributed by atoms with Gasteiger partial charge in [-0.3, -0.25) is 0 Å². The molecule has 1 fully saturated rings. The van der Waals surface area contributed by atoms with Gasteiger partial charge >= 0.3 is 5.69 Å². The Balaban J connectivity index is 1.97. The molecule has 3 rings (SSSR count). The van der Waals surface area contributed by atoms with Gasteiger partial charge in [-0.15, -0.1) is 0 Å². The maximum absolute atomic E-state index is 11.4. The van der Waals surface area contributed by atoms with Gasteiger partial charge < -0.3 is 10.2 Å². The smallest absolute Gasteiger partial charge is 0.348 e. The van der Waals surface area contributed by atoms with Crippen molar-refractivity contribution in [2.24, 2.45) is 0 Å². The number of nitrogens with zero attached hydrogens (tertiary/aromatic N) is 4. The lowest BCUT2D eigenvalue weighted by Crippen LogP contribution is -2.57. The molecule has 18 heavy (non-hydrogen) atoms. The standard InChI is InChI=1S/C11H16N6O/c1-2-3-16(8-5-12-6-8)9-4-10-14-15-11(18)17(10)7-13-9/h4,7-8,12H,2-3,5-6H2,1H3,(H,15,18). The Morgan fingerprint density at radius 3 is 3.06 bits per heavy atom. The predicted molar refractivity (Wildman–Crippen MR) is 67.9 cm³/mol. The quantitative estimate of drug-likeness (QED) is 0.770. The third-order valence-corrected chi connectivity index (χ3v) is 3.25. The van der Waals surface area contributed by atoms with E-state index in [1.165, 1.54) is 10.7 Å². The van der Waals surface area contributed by atoms with E-state index >= 15 is 0 Å². The minimum absolute atomic E-state index is 0.253. The molecule has 96 valence electrons. The van der Waals surface area contributed by atoms with Gasteiger partial charge in [0.15, 0.2) is 5.65 Å². The average Bonchev–Trinajstić information content (AvgIpc) is 2.68. The van der Waals surface area contributed by atoms with Crippen LogP contribution >= 0.6 is 0 Å². The largest absolute Gasteiger partial charge is 0.351 e. The molecule has 1 aliphatic rings. The van der Waals surface area contributed by atoms with Crippen LogP contribution in [0.25, 0.3) is 5.65 Å². The van der Waals surface area contributed by atoms with Crippen LogP contribution in [0.1, 0.15) is 13.3 Å². The Hall–Kier alpha value is -1.89. The average molecular weight is 248 g/mol. The summed E-state index contributed by atoms with van der Waals surface area (Å²) < 4.78 is 1.41. The molecule has 0 unspecified atom stereocenters. The fourth-order valence-electron chi connectivity index (χ4n) is 2.18. The second-order valence-corrected chi connectivity index (χ2v) is 4.51. The Labute approximate surface area is 104 Å². The van der Waals surface area contributed by atoms with Crippen LogP contribution in [0.5, 0.6) is 0 Å². The minimum atomic E-state index is -0.253. The molecular weight excluding hydrogens is 232 g/mol. The van der Waals surface area contributed by atoms with Crippen molar-refractivity contribution in [3.8, 4) is 0 Å². The van der Waals surface area contributed by atoms with E-state index in [0.29, 0.717) is 11.7 Å². The van der Waals surface area contributed by atoms with Crippen LogP contribution in [-0.4, -0.2) is 45.3 Å². The van der Waals surface area contributed by atoms with Crippen LogP contribution in [-0.2, 0) is 0 Å². The van der Waals surface area contributed by atoms with Gasteiger partial charge in [0.2, 0.25) is 0 Å². The lowest BCUT2D eigenvalue weighted by Gasteiger charge is -2.38. The molecule has 0 aliphatic carbocycles. The van der Waals surface area contributed by atoms with Crippen molar-refractivity contribution in [3.05, 3.63) is 22.9 Å². The lowest BCUT2D eigenvalue weighted by molar-refractivity contribution is 0.410. The zero-order valence-corrected chi connectivity index (χ0v) is 10.3. The van der Waals surface area contributed by atoms with E-state index in [2.05, 4.69) is 32.3 Å². The Kier molecular flexibility index (Phi) is 2.75. The summed E-state index contributed by atoms with van der Waals surface area (Å²) in [5.41, 5.74) is 0.356. The fraction of sp³-hybridized carbons (Fsp3) is 0.545. The molecule has 3 heterocycles. The zero-order chi connectivity index (χ0) is 12.5. The number of hydrogen-bond donors (Lipinski definition) is 2. The number of aromatic nitrogens is 4. The molecule has 0 bridgehead atoms. The highest BCUT2D eigenvalue weighted by Gasteiger charge is 2.25. The van der Waals surface area contributed by atoms with Crippen molar-refractivity contribution in [1.82, 2.24) is 24.9 Å². The molecule has 2 aromatic heterocycles. The third kappa shape index (κ3) is 1.76. The van der Waals surface area contributed by atoms with Gasteiger partial charge in [-0.05, 0) is 6.42 Å². The SMILES string of the molecule is CCCN(c1cc2n[nH]c(=O)n2cn1)C1CNC1. The van der Waals surface area contributed by atoms with Gasteiger partial charge in [0.05, 0.1) is 6.04 Å². The van der Waals surface area contributed by atoms with Gasteiger partial charge in [0.25, 0.3) is 0 Å². The zero-order valence-electron chi connectivity index (χ0n) is 10.3. The molecule has 0 saturated carbocycles. The predicted octanol–water partition coefficient (Wildman–Crippen LogP) is -0.394. The monoisotopic (exact) mass is 248 g/mol. The van der Waals surface area contributed by atoms with Crippen molar-refractivity contribution >= 4 is 11.5 Å². The number of hydrogen-bond acceptors (Lipinski definition) is 5. The van der Waals surface area contributed by atoms with Crippen molar-refractivity contribution in [3.63, 3.8) is 0 Å². The summed E-state index contributed by atoms with van der Waals surface area (Å²) in [7, 11) is 0. The van der Waals surface area contributed by atoms with Crippen LogP contribution in [0.15, 0.2) is 17.2 Å². The maximum atomic E-state index is 11.4. The highest BCUT2D eigenvalue weighted by molar-refractivity contribution is 5.51. The topological polar surface area (TPSA) is 78.3 Å². The van der Waals surface area contributed by atoms with Crippen LogP contribution in [0.2, 0.25) is 0 Å². The number of fused-ring (bicyclic) bond motifs is 1. The van der Waals surface area contributed by atoms with Gasteiger partial charge in [-0.25, -0.2) is 19.3 Å². The van der Waals surface area contributed by atoms with Crippen molar-refractivity contribution in [1.29, 1.82) is 0 Å². The molecular formula is C11H16N6O. The molecule has 7 heteroatoms. The molecule has 0 amide bonds. The van der Waals surface area contributed by atoms with Crippen molar-refractivity contribution in [2.45, 2.75) is 19.4 Å². The molecule has 0 radical (unpaired) electrons. The van der Waals surface area contributed by atoms with Gasteiger partial charge in [0.1, 0.15) is 12.1 Å². The van der Waals surface area contributed by atoms with E-state index in [1.807, 2.05) is 6.07 Å². The molecule has 0 aromatic carbocycles. The fourth-order valence-corrected chi connectivity index (χ4v) is 2.18. The number of aromatic amines is 1. The van der Waals surface area contributed by atoms with Gasteiger partial charge in [0, 0.05) is 25.7 Å². The summed E-state index contributed by atoms with van der Waals surface area (Å²) in [6, 6.07) is 2.34. The van der Waals surface area contributed by atoms with Crippen LogP contribution in [0.3, 0.4) is 0 Å². The van der Waals surface area contributed by atoms with Crippen molar-refractivity contribution < 1.29 is 0 Å². The Morgan fingerprint density at radius 1 is 1.56 bits per heavy atom. The van der Waals surface area contributed by atoms with Crippen LogP contribution < -0.4 is 15.9 Å². The summed E-state index contributed by atoms with van der Waals surface area (Å²) in [4.78, 5) is 18.0. The van der Waals surface area contributed by atoms with E-state index in [-0.39, 0.29) is 5.69 Å². The van der Waals surface area contributed by atoms with E-state index in [4.69, 9.17) is 0 Å².